The second kappa shape index (κ2) is 4.73. The summed E-state index contributed by atoms with van der Waals surface area (Å²) in [6.07, 6.45) is 0.906. The normalized spacial score (nSPS) is 8.56. The van der Waals surface area contributed by atoms with Crippen LogP contribution in [0.3, 0.4) is 0 Å². The molecule has 0 radical (unpaired) electrons. The van der Waals surface area contributed by atoms with Gasteiger partial charge in [-0.25, -0.2) is 4.98 Å². The predicted molar refractivity (Wildman–Crippen MR) is 42.1 cm³/mol. The van der Waals surface area contributed by atoms with Gasteiger partial charge in [-0.15, -0.1) is 23.7 Å². The third kappa shape index (κ3) is 2.79. The molecule has 0 amide bonds. The monoisotopic (exact) mass is 164 g/mol. The number of nitrogens with two attached hydrogens (primary N) is 1. The van der Waals surface area contributed by atoms with E-state index in [0.717, 1.165) is 12.1 Å². The summed E-state index contributed by atoms with van der Waals surface area (Å²) in [7, 11) is 0. The molecule has 1 rings (SSSR count). The van der Waals surface area contributed by atoms with E-state index in [4.69, 9.17) is 5.73 Å². The molecule has 2 nitrogen and oxygen atoms in total. The van der Waals surface area contributed by atoms with Gasteiger partial charge in [0.15, 0.2) is 0 Å². The van der Waals surface area contributed by atoms with Crippen LogP contribution in [0.5, 0.6) is 0 Å². The van der Waals surface area contributed by atoms with Crippen molar-refractivity contribution < 1.29 is 0 Å². The molecule has 0 saturated carbocycles. The van der Waals surface area contributed by atoms with Crippen molar-refractivity contribution in [1.82, 2.24) is 4.98 Å². The third-order valence-corrected chi connectivity index (χ3v) is 1.52. The zero-order valence-corrected chi connectivity index (χ0v) is 6.54. The maximum absolute atomic E-state index is 5.28. The van der Waals surface area contributed by atoms with E-state index >= 15 is 0 Å². The van der Waals surface area contributed by atoms with Gasteiger partial charge in [-0.1, -0.05) is 0 Å². The van der Waals surface area contributed by atoms with Gasteiger partial charge in [-0.3, -0.25) is 0 Å². The van der Waals surface area contributed by atoms with E-state index < -0.39 is 0 Å². The van der Waals surface area contributed by atoms with Gasteiger partial charge in [-0.2, -0.15) is 0 Å². The van der Waals surface area contributed by atoms with Crippen molar-refractivity contribution in [2.24, 2.45) is 5.73 Å². The molecular formula is C5H9ClN2S. The van der Waals surface area contributed by atoms with E-state index in [1.807, 2.05) is 10.9 Å². The minimum absolute atomic E-state index is 0. The quantitative estimate of drug-likeness (QED) is 0.710. The highest BCUT2D eigenvalue weighted by Gasteiger charge is 1.88. The van der Waals surface area contributed by atoms with Crippen LogP contribution in [0, 0.1) is 0 Å². The largest absolute Gasteiger partial charge is 0.330 e. The summed E-state index contributed by atoms with van der Waals surface area (Å²) < 4.78 is 0. The molecule has 0 bridgehead atoms. The van der Waals surface area contributed by atoms with E-state index in [9.17, 15) is 0 Å². The van der Waals surface area contributed by atoms with Gasteiger partial charge in [0, 0.05) is 11.8 Å². The molecule has 9 heavy (non-hydrogen) atoms. The van der Waals surface area contributed by atoms with Crippen LogP contribution in [0.2, 0.25) is 0 Å². The van der Waals surface area contributed by atoms with E-state index in [2.05, 4.69) is 4.98 Å². The van der Waals surface area contributed by atoms with Gasteiger partial charge in [-0.05, 0) is 6.54 Å². The summed E-state index contributed by atoms with van der Waals surface area (Å²) in [4.78, 5) is 4.04. The first-order valence-corrected chi connectivity index (χ1v) is 3.45. The lowest BCUT2D eigenvalue weighted by molar-refractivity contribution is 0.935. The standard InChI is InChI=1S/C5H8N2S.ClH/c6-2-1-5-3-8-4-7-5;/h3-4H,1-2,6H2;1H. The Morgan fingerprint density at radius 1 is 1.67 bits per heavy atom. The van der Waals surface area contributed by atoms with E-state index in [1.165, 1.54) is 0 Å². The fourth-order valence-corrected chi connectivity index (χ4v) is 1.10. The van der Waals surface area contributed by atoms with E-state index in [-0.39, 0.29) is 12.4 Å². The van der Waals surface area contributed by atoms with Crippen LogP contribution in [0.4, 0.5) is 0 Å². The van der Waals surface area contributed by atoms with Gasteiger partial charge in [0.2, 0.25) is 0 Å². The van der Waals surface area contributed by atoms with Gasteiger partial charge in [0.25, 0.3) is 0 Å². The average Bonchev–Trinajstić information content (AvgIpc) is 2.19. The van der Waals surface area contributed by atoms with Gasteiger partial charge < -0.3 is 5.73 Å². The van der Waals surface area contributed by atoms with Crippen LogP contribution < -0.4 is 5.73 Å². The van der Waals surface area contributed by atoms with Crippen molar-refractivity contribution in [3.8, 4) is 0 Å². The Bertz CT molecular complexity index is 141. The smallest absolute Gasteiger partial charge is 0.0794 e. The lowest BCUT2D eigenvalue weighted by atomic mass is 10.3. The van der Waals surface area contributed by atoms with Gasteiger partial charge in [0.1, 0.15) is 0 Å². The minimum atomic E-state index is 0. The summed E-state index contributed by atoms with van der Waals surface area (Å²) in [6.45, 7) is 0.698. The number of rotatable bonds is 2. The fraction of sp³-hybridized carbons (Fsp3) is 0.400. The van der Waals surface area contributed by atoms with Gasteiger partial charge in [0.05, 0.1) is 11.2 Å². The number of halogens is 1. The molecular weight excluding hydrogens is 156 g/mol. The molecule has 1 aromatic rings. The van der Waals surface area contributed by atoms with Crippen molar-refractivity contribution >= 4 is 23.7 Å². The average molecular weight is 165 g/mol. The summed E-state index contributed by atoms with van der Waals surface area (Å²) in [5.41, 5.74) is 8.22. The van der Waals surface area contributed by atoms with Crippen LogP contribution in [0.25, 0.3) is 0 Å². The van der Waals surface area contributed by atoms with Crippen molar-refractivity contribution in [2.75, 3.05) is 6.54 Å². The molecule has 1 heterocycles. The first-order valence-electron chi connectivity index (χ1n) is 2.50. The summed E-state index contributed by atoms with van der Waals surface area (Å²) in [5, 5.41) is 2.02. The van der Waals surface area contributed by atoms with Crippen LogP contribution in [0.15, 0.2) is 10.9 Å². The molecule has 0 aliphatic rings. The molecule has 0 aliphatic heterocycles. The van der Waals surface area contributed by atoms with Crippen molar-refractivity contribution in [3.63, 3.8) is 0 Å². The summed E-state index contributed by atoms with van der Waals surface area (Å²) in [6, 6.07) is 0. The zero-order valence-electron chi connectivity index (χ0n) is 4.91. The van der Waals surface area contributed by atoms with Crippen molar-refractivity contribution in [3.05, 3.63) is 16.6 Å². The Hall–Kier alpha value is -0.120. The van der Waals surface area contributed by atoms with Crippen molar-refractivity contribution in [1.29, 1.82) is 0 Å². The van der Waals surface area contributed by atoms with Crippen LogP contribution in [0.1, 0.15) is 5.69 Å². The first-order chi connectivity index (χ1) is 3.93. The Kier molecular flexibility index (Phi) is 4.67. The summed E-state index contributed by atoms with van der Waals surface area (Å²) in [5.74, 6) is 0. The highest BCUT2D eigenvalue weighted by Crippen LogP contribution is 1.99. The number of hydrogen-bond acceptors (Lipinski definition) is 3. The van der Waals surface area contributed by atoms with Crippen LogP contribution in [-0.2, 0) is 6.42 Å². The van der Waals surface area contributed by atoms with Crippen LogP contribution in [-0.4, -0.2) is 11.5 Å². The molecule has 0 spiro atoms. The highest BCUT2D eigenvalue weighted by molar-refractivity contribution is 7.07. The van der Waals surface area contributed by atoms with E-state index in [1.54, 1.807) is 11.3 Å². The molecule has 0 fully saturated rings. The lowest BCUT2D eigenvalue weighted by Crippen LogP contribution is -2.02. The highest BCUT2D eigenvalue weighted by atomic mass is 35.5. The molecule has 0 saturated heterocycles. The Labute approximate surface area is 64.5 Å². The molecule has 52 valence electrons. The topological polar surface area (TPSA) is 38.9 Å². The Morgan fingerprint density at radius 3 is 2.89 bits per heavy atom. The SMILES string of the molecule is Cl.NCCc1cscn1. The number of nitrogens with zero attached hydrogens (tertiary/aromatic N) is 1. The maximum atomic E-state index is 5.28. The number of hydrogen-bond donors (Lipinski definition) is 1. The molecule has 0 unspecified atom stereocenters. The van der Waals surface area contributed by atoms with Crippen molar-refractivity contribution in [2.45, 2.75) is 6.42 Å². The fourth-order valence-electron chi connectivity index (χ4n) is 0.509. The van der Waals surface area contributed by atoms with Gasteiger partial charge >= 0.3 is 0 Å². The first kappa shape index (κ1) is 8.88. The van der Waals surface area contributed by atoms with E-state index in [0.29, 0.717) is 6.54 Å². The maximum Gasteiger partial charge on any atom is 0.0794 e. The third-order valence-electron chi connectivity index (χ3n) is 0.884. The molecule has 0 aromatic carbocycles. The second-order valence-electron chi connectivity index (χ2n) is 1.52. The molecule has 0 atom stereocenters. The predicted octanol–water partition coefficient (Wildman–Crippen LogP) is 1.07. The summed E-state index contributed by atoms with van der Waals surface area (Å²) >= 11 is 1.61. The minimum Gasteiger partial charge on any atom is -0.330 e. The van der Waals surface area contributed by atoms with Crippen LogP contribution >= 0.6 is 23.7 Å². The molecule has 0 aliphatic carbocycles. The Morgan fingerprint density at radius 2 is 2.44 bits per heavy atom. The number of aromatic nitrogens is 1. The molecule has 2 N–H and O–H groups in total. The molecule has 4 heteroatoms. The zero-order chi connectivity index (χ0) is 5.82. The second-order valence-corrected chi connectivity index (χ2v) is 2.24. The molecule has 1 aromatic heterocycles. The number of thiazole rings is 1. The lowest BCUT2D eigenvalue weighted by Gasteiger charge is -1.85. The Balaban J connectivity index is 0.000000640.